The van der Waals surface area contributed by atoms with Crippen LogP contribution in [-0.2, 0) is 5.41 Å². The summed E-state index contributed by atoms with van der Waals surface area (Å²) < 4.78 is 92.4. The lowest BCUT2D eigenvalue weighted by molar-refractivity contribution is -0.288. The molecule has 6 aromatic rings. The van der Waals surface area contributed by atoms with E-state index < -0.39 is 28.9 Å². The molecule has 0 N–H and O–H groups in total. The molecule has 0 amide bonds. The summed E-state index contributed by atoms with van der Waals surface area (Å²) in [6.07, 6.45) is -7.67. The van der Waals surface area contributed by atoms with Gasteiger partial charge in [0, 0.05) is 33.8 Å². The number of aromatic nitrogens is 1. The summed E-state index contributed by atoms with van der Waals surface area (Å²) in [4.78, 5) is 1.88. The van der Waals surface area contributed by atoms with Gasteiger partial charge in [-0.25, -0.2) is 0 Å². The number of para-hydroxylation sites is 3. The molecular weight excluding hydrogens is 610 g/mol. The second-order valence-electron chi connectivity index (χ2n) is 11.8. The van der Waals surface area contributed by atoms with Crippen molar-refractivity contribution in [2.75, 3.05) is 4.90 Å². The summed E-state index contributed by atoms with van der Waals surface area (Å²) in [5.41, 5.74) is -1.80. The third-order valence-corrected chi connectivity index (χ3v) is 9.36. The van der Waals surface area contributed by atoms with Crippen LogP contribution in [0.1, 0.15) is 22.6 Å². The van der Waals surface area contributed by atoms with Gasteiger partial charge < -0.3 is 9.47 Å². The first-order chi connectivity index (χ1) is 22.6. The zero-order valence-corrected chi connectivity index (χ0v) is 24.5. The van der Waals surface area contributed by atoms with Gasteiger partial charge in [0.05, 0.1) is 11.0 Å². The van der Waals surface area contributed by atoms with Crippen molar-refractivity contribution in [1.82, 2.24) is 4.57 Å². The second-order valence-corrected chi connectivity index (χ2v) is 11.8. The third kappa shape index (κ3) is 4.15. The quantitative estimate of drug-likeness (QED) is 0.138. The Kier molecular flexibility index (Phi) is 6.36. The first-order valence-electron chi connectivity index (χ1n) is 15.0. The number of hydrogen-bond donors (Lipinski definition) is 0. The number of nitrogens with zero attached hydrogens (tertiary/aromatic N) is 2. The molecule has 2 aliphatic rings. The number of alkyl halides is 6. The van der Waals surface area contributed by atoms with Crippen molar-refractivity contribution >= 4 is 33.2 Å². The Labute approximate surface area is 266 Å². The molecular formula is C39H24F6N2. The molecule has 0 saturated carbocycles. The summed E-state index contributed by atoms with van der Waals surface area (Å²) in [5, 5.41) is 1.85. The first-order valence-corrected chi connectivity index (χ1v) is 15.0. The molecule has 0 bridgehead atoms. The number of benzene rings is 5. The number of anilines is 2. The summed E-state index contributed by atoms with van der Waals surface area (Å²) in [6.45, 7) is 0. The standard InChI is InChI=1S/C39H24F6N2/c40-38(41,42)37(39(43,44)45,25-17-21-27(22-18-25)46-33-13-5-1-9-29(33)30-10-2-6-14-34(30)46)26-19-23-28(24-20-26)47-35-15-7-3-11-31(35)32-12-4-8-16-36(32)47/h1-7,9-15,17-24,32,36H. The smallest absolute Gasteiger partial charge is 0.326 e. The maximum Gasteiger partial charge on any atom is 0.411 e. The molecule has 1 aromatic heterocycles. The minimum atomic E-state index is -5.70. The molecule has 2 atom stereocenters. The normalized spacial score (nSPS) is 17.4. The number of hydrogen-bond acceptors (Lipinski definition) is 1. The molecule has 2 nitrogen and oxygen atoms in total. The van der Waals surface area contributed by atoms with Crippen LogP contribution in [-0.4, -0.2) is 23.0 Å². The van der Waals surface area contributed by atoms with E-state index in [4.69, 9.17) is 0 Å². The van der Waals surface area contributed by atoms with Crippen LogP contribution in [0.3, 0.4) is 0 Å². The summed E-state index contributed by atoms with van der Waals surface area (Å²) in [7, 11) is 0. The first kappa shape index (κ1) is 29.0. The highest BCUT2D eigenvalue weighted by molar-refractivity contribution is 6.09. The van der Waals surface area contributed by atoms with Crippen LogP contribution in [0.25, 0.3) is 27.5 Å². The fourth-order valence-corrected chi connectivity index (χ4v) is 7.33. The van der Waals surface area contributed by atoms with E-state index in [1.165, 1.54) is 24.3 Å². The zero-order valence-electron chi connectivity index (χ0n) is 24.5. The molecule has 0 spiro atoms. The Morgan fingerprint density at radius 2 is 1.06 bits per heavy atom. The number of rotatable bonds is 4. The molecule has 8 heteroatoms. The number of halogens is 6. The Morgan fingerprint density at radius 3 is 1.64 bits per heavy atom. The van der Waals surface area contributed by atoms with Gasteiger partial charge in [-0.05, 0) is 65.2 Å². The van der Waals surface area contributed by atoms with Crippen molar-refractivity contribution in [2.45, 2.75) is 29.7 Å². The summed E-state index contributed by atoms with van der Waals surface area (Å²) >= 11 is 0. The highest BCUT2D eigenvalue weighted by Gasteiger charge is 2.72. The van der Waals surface area contributed by atoms with E-state index in [9.17, 15) is 0 Å². The molecule has 0 radical (unpaired) electrons. The molecule has 232 valence electrons. The topological polar surface area (TPSA) is 8.17 Å². The predicted molar refractivity (Wildman–Crippen MR) is 172 cm³/mol. The molecule has 2 unspecified atom stereocenters. The van der Waals surface area contributed by atoms with Gasteiger partial charge in [0.15, 0.2) is 0 Å². The maximum absolute atomic E-state index is 15.1. The Morgan fingerprint density at radius 1 is 0.553 bits per heavy atom. The fraction of sp³-hybridized carbons (Fsp3) is 0.128. The molecule has 47 heavy (non-hydrogen) atoms. The van der Waals surface area contributed by atoms with Crippen molar-refractivity contribution < 1.29 is 26.3 Å². The van der Waals surface area contributed by atoms with Gasteiger partial charge in [-0.1, -0.05) is 96.8 Å². The second kappa shape index (κ2) is 10.3. The van der Waals surface area contributed by atoms with E-state index >= 15 is 26.3 Å². The molecule has 0 fully saturated rings. The molecule has 5 aromatic carbocycles. The number of allylic oxidation sites excluding steroid dienone is 1. The maximum atomic E-state index is 15.1. The monoisotopic (exact) mass is 634 g/mol. The number of fused-ring (bicyclic) bond motifs is 6. The van der Waals surface area contributed by atoms with E-state index in [0.717, 1.165) is 57.3 Å². The van der Waals surface area contributed by atoms with Crippen LogP contribution < -0.4 is 4.90 Å². The van der Waals surface area contributed by atoms with Crippen molar-refractivity contribution in [3.63, 3.8) is 0 Å². The lowest BCUT2D eigenvalue weighted by Crippen LogP contribution is -2.54. The van der Waals surface area contributed by atoms with Crippen LogP contribution in [0.4, 0.5) is 37.7 Å². The van der Waals surface area contributed by atoms with Crippen LogP contribution in [0.5, 0.6) is 0 Å². The van der Waals surface area contributed by atoms with Crippen LogP contribution in [0.2, 0.25) is 0 Å². The molecule has 2 heterocycles. The van der Waals surface area contributed by atoms with E-state index in [2.05, 4.69) is 11.8 Å². The highest BCUT2D eigenvalue weighted by atomic mass is 19.4. The van der Waals surface area contributed by atoms with Crippen molar-refractivity contribution in [2.24, 2.45) is 0 Å². The van der Waals surface area contributed by atoms with Crippen LogP contribution in [0.15, 0.2) is 133 Å². The average Bonchev–Trinajstić information content (AvgIpc) is 3.58. The van der Waals surface area contributed by atoms with Gasteiger partial charge in [-0.3, -0.25) is 0 Å². The van der Waals surface area contributed by atoms with E-state index in [1.807, 2.05) is 88.3 Å². The van der Waals surface area contributed by atoms with Crippen LogP contribution >= 0.6 is 0 Å². The minimum absolute atomic E-state index is 0.0652. The predicted octanol–water partition coefficient (Wildman–Crippen LogP) is 10.4. The largest absolute Gasteiger partial charge is 0.411 e. The van der Waals surface area contributed by atoms with E-state index in [1.54, 1.807) is 6.08 Å². The highest BCUT2D eigenvalue weighted by Crippen LogP contribution is 2.57. The van der Waals surface area contributed by atoms with Crippen LogP contribution in [0, 0.1) is 11.8 Å². The Bertz CT molecular complexity index is 2180. The minimum Gasteiger partial charge on any atom is -0.326 e. The molecule has 8 rings (SSSR count). The average molecular weight is 635 g/mol. The van der Waals surface area contributed by atoms with Gasteiger partial charge >= 0.3 is 12.4 Å². The van der Waals surface area contributed by atoms with E-state index in [-0.39, 0.29) is 12.0 Å². The molecule has 1 aliphatic carbocycles. The lowest BCUT2D eigenvalue weighted by Gasteiger charge is -2.38. The summed E-state index contributed by atoms with van der Waals surface area (Å²) in [5.74, 6) is 6.05. The zero-order chi connectivity index (χ0) is 32.6. The fourth-order valence-electron chi connectivity index (χ4n) is 7.33. The Hall–Kier alpha value is -5.42. The van der Waals surface area contributed by atoms with Gasteiger partial charge in [0.2, 0.25) is 5.41 Å². The SMILES string of the molecule is FC(F)(F)C(c1ccc(N2c3ccccc3C3C=CC#CC32)cc1)(c1ccc(-n2c3ccccc3c3ccccc32)cc1)C(F)(F)F. The Balaban J connectivity index is 1.25. The molecule has 1 aliphatic heterocycles. The van der Waals surface area contributed by atoms with E-state index in [0.29, 0.717) is 11.4 Å². The van der Waals surface area contributed by atoms with Gasteiger partial charge in [0.25, 0.3) is 0 Å². The van der Waals surface area contributed by atoms with Crippen molar-refractivity contribution in [3.8, 4) is 17.5 Å². The van der Waals surface area contributed by atoms with Crippen molar-refractivity contribution in [3.05, 3.63) is 150 Å². The van der Waals surface area contributed by atoms with Gasteiger partial charge in [-0.2, -0.15) is 26.3 Å². The summed E-state index contributed by atoms with van der Waals surface area (Å²) in [6, 6.07) is 31.4. The van der Waals surface area contributed by atoms with Gasteiger partial charge in [0.1, 0.15) is 6.04 Å². The molecule has 0 saturated heterocycles. The van der Waals surface area contributed by atoms with Crippen molar-refractivity contribution in [1.29, 1.82) is 0 Å². The lowest BCUT2D eigenvalue weighted by atomic mass is 9.73. The third-order valence-electron chi connectivity index (χ3n) is 9.36. The van der Waals surface area contributed by atoms with Gasteiger partial charge in [-0.15, -0.1) is 0 Å².